The highest BCUT2D eigenvalue weighted by molar-refractivity contribution is 5.81. The van der Waals surface area contributed by atoms with Gasteiger partial charge in [-0.05, 0) is 25.7 Å². The molecule has 25 heavy (non-hydrogen) atoms. The minimum atomic E-state index is 0.101. The highest BCUT2D eigenvalue weighted by atomic mass is 16.5. The first kappa shape index (κ1) is 18.5. The SMILES string of the molecule is CN=C(NCCOC1CCCCCC1)N1CCCC2(CNC(=O)C2)C1. The van der Waals surface area contributed by atoms with Crippen LogP contribution in [0, 0.1) is 5.41 Å². The van der Waals surface area contributed by atoms with Gasteiger partial charge in [0, 0.05) is 45.1 Å². The zero-order valence-corrected chi connectivity index (χ0v) is 15.7. The van der Waals surface area contributed by atoms with E-state index in [2.05, 4.69) is 20.5 Å². The van der Waals surface area contributed by atoms with Crippen molar-refractivity contribution in [3.63, 3.8) is 0 Å². The van der Waals surface area contributed by atoms with Gasteiger partial charge in [-0.15, -0.1) is 0 Å². The molecule has 1 amide bonds. The Morgan fingerprint density at radius 1 is 1.32 bits per heavy atom. The second-order valence-corrected chi connectivity index (χ2v) is 7.94. The van der Waals surface area contributed by atoms with Gasteiger partial charge in [0.15, 0.2) is 5.96 Å². The summed E-state index contributed by atoms with van der Waals surface area (Å²) in [5.41, 5.74) is 0.101. The lowest BCUT2D eigenvalue weighted by Gasteiger charge is -2.40. The number of piperidine rings is 1. The first-order valence-electron chi connectivity index (χ1n) is 10.0. The molecule has 1 aliphatic carbocycles. The molecule has 2 saturated heterocycles. The van der Waals surface area contributed by atoms with E-state index in [-0.39, 0.29) is 11.3 Å². The molecule has 0 aromatic carbocycles. The van der Waals surface area contributed by atoms with E-state index in [0.717, 1.165) is 51.6 Å². The number of hydrogen-bond acceptors (Lipinski definition) is 3. The Morgan fingerprint density at radius 3 is 2.80 bits per heavy atom. The van der Waals surface area contributed by atoms with E-state index in [4.69, 9.17) is 4.74 Å². The van der Waals surface area contributed by atoms with Crippen molar-refractivity contribution in [1.82, 2.24) is 15.5 Å². The average Bonchev–Trinajstić information content (AvgIpc) is 2.82. The molecule has 1 unspecified atom stereocenters. The number of aliphatic imine (C=N–C) groups is 1. The fourth-order valence-electron chi connectivity index (χ4n) is 4.56. The number of hydrogen-bond donors (Lipinski definition) is 2. The summed E-state index contributed by atoms with van der Waals surface area (Å²) < 4.78 is 6.06. The lowest BCUT2D eigenvalue weighted by molar-refractivity contribution is -0.119. The van der Waals surface area contributed by atoms with Crippen LogP contribution in [0.25, 0.3) is 0 Å². The molecule has 2 N–H and O–H groups in total. The van der Waals surface area contributed by atoms with Crippen molar-refractivity contribution in [3.05, 3.63) is 0 Å². The highest BCUT2D eigenvalue weighted by Crippen LogP contribution is 2.35. The maximum atomic E-state index is 11.7. The number of likely N-dealkylation sites (tertiary alicyclic amines) is 1. The van der Waals surface area contributed by atoms with Gasteiger partial charge in [0.1, 0.15) is 0 Å². The van der Waals surface area contributed by atoms with Gasteiger partial charge in [-0.1, -0.05) is 25.7 Å². The molecular weight excluding hydrogens is 316 g/mol. The van der Waals surface area contributed by atoms with Crippen molar-refractivity contribution in [3.8, 4) is 0 Å². The molecule has 0 aromatic rings. The summed E-state index contributed by atoms with van der Waals surface area (Å²) in [4.78, 5) is 18.4. The number of nitrogens with zero attached hydrogens (tertiary/aromatic N) is 2. The molecule has 3 fully saturated rings. The topological polar surface area (TPSA) is 66.0 Å². The number of guanidine groups is 1. The van der Waals surface area contributed by atoms with Crippen molar-refractivity contribution < 1.29 is 9.53 Å². The molecule has 3 rings (SSSR count). The van der Waals surface area contributed by atoms with Gasteiger partial charge in [-0.2, -0.15) is 0 Å². The molecule has 0 bridgehead atoms. The Morgan fingerprint density at radius 2 is 2.12 bits per heavy atom. The molecule has 2 aliphatic heterocycles. The van der Waals surface area contributed by atoms with Gasteiger partial charge in [-0.3, -0.25) is 9.79 Å². The maximum Gasteiger partial charge on any atom is 0.220 e. The molecule has 6 heteroatoms. The fourth-order valence-corrected chi connectivity index (χ4v) is 4.56. The van der Waals surface area contributed by atoms with Crippen LogP contribution in [0.15, 0.2) is 4.99 Å². The second kappa shape index (κ2) is 8.88. The lowest BCUT2D eigenvalue weighted by Crippen LogP contribution is -2.51. The Labute approximate surface area is 151 Å². The van der Waals surface area contributed by atoms with Crippen molar-refractivity contribution in [2.45, 2.75) is 63.9 Å². The second-order valence-electron chi connectivity index (χ2n) is 7.94. The number of nitrogens with one attached hydrogen (secondary N) is 2. The predicted molar refractivity (Wildman–Crippen MR) is 99.7 cm³/mol. The standard InChI is InChI=1S/C19H34N4O2/c1-20-18(21-10-12-25-16-7-4-2-3-5-8-16)23-11-6-9-19(15-23)13-17(24)22-14-19/h16H,2-15H2,1H3,(H,20,21)(H,22,24). The van der Waals surface area contributed by atoms with Crippen molar-refractivity contribution >= 4 is 11.9 Å². The molecule has 1 saturated carbocycles. The quantitative estimate of drug-likeness (QED) is 0.352. The first-order chi connectivity index (χ1) is 12.2. The smallest absolute Gasteiger partial charge is 0.220 e. The third-order valence-corrected chi connectivity index (χ3v) is 5.91. The van der Waals surface area contributed by atoms with Gasteiger partial charge < -0.3 is 20.3 Å². The van der Waals surface area contributed by atoms with E-state index in [0.29, 0.717) is 12.5 Å². The monoisotopic (exact) mass is 350 g/mol. The van der Waals surface area contributed by atoms with Crippen molar-refractivity contribution in [2.24, 2.45) is 10.4 Å². The van der Waals surface area contributed by atoms with Gasteiger partial charge in [0.05, 0.1) is 12.7 Å². The minimum absolute atomic E-state index is 0.101. The van der Waals surface area contributed by atoms with Gasteiger partial charge in [0.25, 0.3) is 0 Å². The molecule has 6 nitrogen and oxygen atoms in total. The lowest BCUT2D eigenvalue weighted by atomic mass is 9.79. The molecule has 0 aromatic heterocycles. The Balaban J connectivity index is 1.42. The predicted octanol–water partition coefficient (Wildman–Crippen LogP) is 1.90. The number of rotatable bonds is 4. The van der Waals surface area contributed by atoms with Crippen LogP contribution >= 0.6 is 0 Å². The van der Waals surface area contributed by atoms with E-state index in [1.807, 2.05) is 7.05 Å². The van der Waals surface area contributed by atoms with Crippen molar-refractivity contribution in [1.29, 1.82) is 0 Å². The average molecular weight is 351 g/mol. The van der Waals surface area contributed by atoms with E-state index < -0.39 is 0 Å². The Hall–Kier alpha value is -1.30. The van der Waals surface area contributed by atoms with Crippen LogP contribution in [0.2, 0.25) is 0 Å². The van der Waals surface area contributed by atoms with Crippen LogP contribution in [0.3, 0.4) is 0 Å². The van der Waals surface area contributed by atoms with Crippen LogP contribution in [-0.4, -0.2) is 62.7 Å². The van der Waals surface area contributed by atoms with Crippen LogP contribution in [0.4, 0.5) is 0 Å². The normalized spacial score (nSPS) is 28.9. The van der Waals surface area contributed by atoms with Gasteiger partial charge in [-0.25, -0.2) is 0 Å². The third-order valence-electron chi connectivity index (χ3n) is 5.91. The van der Waals surface area contributed by atoms with E-state index >= 15 is 0 Å². The third kappa shape index (κ3) is 5.09. The molecule has 3 aliphatic rings. The Bertz CT molecular complexity index is 474. The number of amides is 1. The van der Waals surface area contributed by atoms with E-state index in [9.17, 15) is 4.79 Å². The zero-order chi connectivity index (χ0) is 17.5. The van der Waals surface area contributed by atoms with Gasteiger partial charge >= 0.3 is 0 Å². The summed E-state index contributed by atoms with van der Waals surface area (Å²) in [5.74, 6) is 1.14. The molecule has 0 radical (unpaired) electrons. The molecular formula is C19H34N4O2. The summed E-state index contributed by atoms with van der Waals surface area (Å²) >= 11 is 0. The number of carbonyl (C=O) groups excluding carboxylic acids is 1. The maximum absolute atomic E-state index is 11.7. The van der Waals surface area contributed by atoms with Crippen LogP contribution in [0.1, 0.15) is 57.8 Å². The number of ether oxygens (including phenoxy) is 1. The summed E-state index contributed by atoms with van der Waals surface area (Å²) in [7, 11) is 1.84. The van der Waals surface area contributed by atoms with Crippen LogP contribution in [-0.2, 0) is 9.53 Å². The molecule has 1 spiro atoms. The molecule has 2 heterocycles. The van der Waals surface area contributed by atoms with Crippen LogP contribution in [0.5, 0.6) is 0 Å². The summed E-state index contributed by atoms with van der Waals surface area (Å²) in [6, 6.07) is 0. The Kier molecular flexibility index (Phi) is 6.57. The number of carbonyl (C=O) groups is 1. The highest BCUT2D eigenvalue weighted by Gasteiger charge is 2.42. The fraction of sp³-hybridized carbons (Fsp3) is 0.895. The summed E-state index contributed by atoms with van der Waals surface area (Å²) in [6.07, 6.45) is 11.1. The van der Waals surface area contributed by atoms with Crippen molar-refractivity contribution in [2.75, 3.05) is 39.8 Å². The van der Waals surface area contributed by atoms with Crippen LogP contribution < -0.4 is 10.6 Å². The van der Waals surface area contributed by atoms with E-state index in [1.54, 1.807) is 0 Å². The molecule has 1 atom stereocenters. The minimum Gasteiger partial charge on any atom is -0.376 e. The van der Waals surface area contributed by atoms with E-state index in [1.165, 1.54) is 38.5 Å². The largest absolute Gasteiger partial charge is 0.376 e. The van der Waals surface area contributed by atoms with Gasteiger partial charge in [0.2, 0.25) is 5.91 Å². The molecule has 142 valence electrons. The summed E-state index contributed by atoms with van der Waals surface area (Å²) in [5, 5.41) is 6.46. The first-order valence-corrected chi connectivity index (χ1v) is 10.0. The summed E-state index contributed by atoms with van der Waals surface area (Å²) in [6.45, 7) is 4.27. The zero-order valence-electron chi connectivity index (χ0n) is 15.7.